The second kappa shape index (κ2) is 8.06. The van der Waals surface area contributed by atoms with Gasteiger partial charge in [0.1, 0.15) is 11.6 Å². The number of halogens is 2. The molecule has 0 atom stereocenters. The van der Waals surface area contributed by atoms with Crippen molar-refractivity contribution >= 4 is 5.91 Å². The van der Waals surface area contributed by atoms with Gasteiger partial charge in [0.2, 0.25) is 5.89 Å². The van der Waals surface area contributed by atoms with Crippen molar-refractivity contribution < 1.29 is 18.0 Å². The molecule has 1 amide bonds. The topological polar surface area (TPSA) is 55.1 Å². The van der Waals surface area contributed by atoms with Gasteiger partial charge in [-0.3, -0.25) is 4.79 Å². The van der Waals surface area contributed by atoms with E-state index in [-0.39, 0.29) is 30.0 Å². The molecule has 0 bridgehead atoms. The first-order valence-electron chi connectivity index (χ1n) is 8.94. The highest BCUT2D eigenvalue weighted by Crippen LogP contribution is 2.28. The lowest BCUT2D eigenvalue weighted by Crippen LogP contribution is -2.23. The van der Waals surface area contributed by atoms with Crippen molar-refractivity contribution in [1.29, 1.82) is 0 Å². The summed E-state index contributed by atoms with van der Waals surface area (Å²) in [5, 5.41) is 2.82. The number of hydrogen-bond donors (Lipinski definition) is 1. The number of nitrogens with one attached hydrogen (secondary N) is 1. The van der Waals surface area contributed by atoms with Gasteiger partial charge in [-0.1, -0.05) is 24.3 Å². The fourth-order valence-electron chi connectivity index (χ4n) is 2.89. The molecule has 0 radical (unpaired) electrons. The molecule has 0 saturated carbocycles. The van der Waals surface area contributed by atoms with Crippen LogP contribution in [0.5, 0.6) is 0 Å². The lowest BCUT2D eigenvalue weighted by atomic mass is 10.1. The number of benzene rings is 3. The van der Waals surface area contributed by atoms with Gasteiger partial charge < -0.3 is 9.73 Å². The maximum Gasteiger partial charge on any atom is 0.252 e. The van der Waals surface area contributed by atoms with Crippen LogP contribution in [0.15, 0.2) is 83.4 Å². The van der Waals surface area contributed by atoms with Gasteiger partial charge in [0.25, 0.3) is 5.91 Å². The van der Waals surface area contributed by atoms with Crippen LogP contribution in [-0.4, -0.2) is 10.9 Å². The minimum Gasteiger partial charge on any atom is -0.436 e. The minimum atomic E-state index is -0.336. The number of aromatic nitrogens is 1. The van der Waals surface area contributed by atoms with Gasteiger partial charge in [-0.05, 0) is 54.1 Å². The summed E-state index contributed by atoms with van der Waals surface area (Å²) < 4.78 is 31.9. The molecule has 4 nitrogen and oxygen atoms in total. The fourth-order valence-corrected chi connectivity index (χ4v) is 2.89. The first kappa shape index (κ1) is 18.6. The maximum atomic E-state index is 13.1. The number of rotatable bonds is 5. The van der Waals surface area contributed by atoms with Gasteiger partial charge >= 0.3 is 0 Å². The molecule has 1 heterocycles. The van der Waals surface area contributed by atoms with Crippen molar-refractivity contribution in [2.24, 2.45) is 0 Å². The molecular formula is C23H16F2N2O2. The molecule has 0 aliphatic carbocycles. The van der Waals surface area contributed by atoms with Crippen molar-refractivity contribution in [3.8, 4) is 22.8 Å². The summed E-state index contributed by atoms with van der Waals surface area (Å²) in [6, 6.07) is 18.8. The Kier molecular flexibility index (Phi) is 5.16. The lowest BCUT2D eigenvalue weighted by molar-refractivity contribution is 0.0951. The first-order chi connectivity index (χ1) is 14.1. The van der Waals surface area contributed by atoms with E-state index in [0.29, 0.717) is 22.5 Å². The normalized spacial score (nSPS) is 10.7. The summed E-state index contributed by atoms with van der Waals surface area (Å²) in [7, 11) is 0. The molecule has 0 aliphatic heterocycles. The van der Waals surface area contributed by atoms with E-state index in [1.54, 1.807) is 48.5 Å². The Bertz CT molecular complexity index is 1140. The van der Waals surface area contributed by atoms with Crippen LogP contribution in [-0.2, 0) is 6.54 Å². The van der Waals surface area contributed by atoms with Crippen LogP contribution in [0.1, 0.15) is 15.9 Å². The van der Waals surface area contributed by atoms with E-state index >= 15 is 0 Å². The average molecular weight is 390 g/mol. The number of amides is 1. The molecule has 1 aromatic heterocycles. The van der Waals surface area contributed by atoms with E-state index < -0.39 is 0 Å². The Balaban J connectivity index is 1.56. The first-order valence-corrected chi connectivity index (χ1v) is 8.94. The van der Waals surface area contributed by atoms with Gasteiger partial charge in [0, 0.05) is 17.7 Å². The molecule has 0 aliphatic rings. The summed E-state index contributed by atoms with van der Waals surface area (Å²) >= 11 is 0. The van der Waals surface area contributed by atoms with Crippen molar-refractivity contribution in [2.45, 2.75) is 6.54 Å². The van der Waals surface area contributed by atoms with Crippen molar-refractivity contribution in [3.05, 3.63) is 102 Å². The molecule has 144 valence electrons. The molecule has 29 heavy (non-hydrogen) atoms. The molecule has 6 heteroatoms. The van der Waals surface area contributed by atoms with Gasteiger partial charge in [-0.2, -0.15) is 0 Å². The number of oxazole rings is 1. The second-order valence-electron chi connectivity index (χ2n) is 6.39. The van der Waals surface area contributed by atoms with Gasteiger partial charge in [-0.25, -0.2) is 13.8 Å². The molecule has 0 unspecified atom stereocenters. The Morgan fingerprint density at radius 3 is 2.28 bits per heavy atom. The molecule has 4 aromatic rings. The Labute approximate surface area is 165 Å². The molecule has 3 aromatic carbocycles. The Hall–Kier alpha value is -3.80. The number of carbonyl (C=O) groups is 1. The zero-order chi connectivity index (χ0) is 20.2. The van der Waals surface area contributed by atoms with E-state index in [1.807, 2.05) is 0 Å². The van der Waals surface area contributed by atoms with Crippen LogP contribution < -0.4 is 5.32 Å². The van der Waals surface area contributed by atoms with Gasteiger partial charge in [0.05, 0.1) is 11.8 Å². The van der Waals surface area contributed by atoms with Crippen LogP contribution in [0.4, 0.5) is 8.78 Å². The molecular weight excluding hydrogens is 374 g/mol. The highest BCUT2D eigenvalue weighted by molar-refractivity contribution is 6.00. The third-order valence-corrected chi connectivity index (χ3v) is 4.40. The summed E-state index contributed by atoms with van der Waals surface area (Å²) in [6.07, 6.45) is 1.54. The number of carbonyl (C=O) groups excluding carboxylic acids is 1. The van der Waals surface area contributed by atoms with Crippen LogP contribution in [0.3, 0.4) is 0 Å². The maximum absolute atomic E-state index is 13.1. The van der Waals surface area contributed by atoms with Crippen molar-refractivity contribution in [1.82, 2.24) is 10.3 Å². The van der Waals surface area contributed by atoms with E-state index in [9.17, 15) is 13.6 Å². The Morgan fingerprint density at radius 2 is 1.55 bits per heavy atom. The van der Waals surface area contributed by atoms with E-state index in [1.165, 1.54) is 30.5 Å². The summed E-state index contributed by atoms with van der Waals surface area (Å²) in [5.41, 5.74) is 2.41. The predicted octanol–water partition coefficient (Wildman–Crippen LogP) is 5.22. The third-order valence-electron chi connectivity index (χ3n) is 4.40. The zero-order valence-electron chi connectivity index (χ0n) is 15.2. The molecule has 0 spiro atoms. The fraction of sp³-hybridized carbons (Fsp3) is 0.0435. The molecule has 1 N–H and O–H groups in total. The Morgan fingerprint density at radius 1 is 0.897 bits per heavy atom. The monoisotopic (exact) mass is 390 g/mol. The third kappa shape index (κ3) is 4.21. The van der Waals surface area contributed by atoms with Crippen LogP contribution >= 0.6 is 0 Å². The van der Waals surface area contributed by atoms with E-state index in [0.717, 1.165) is 5.56 Å². The second-order valence-corrected chi connectivity index (χ2v) is 6.39. The molecule has 0 saturated heterocycles. The van der Waals surface area contributed by atoms with E-state index in [2.05, 4.69) is 10.3 Å². The van der Waals surface area contributed by atoms with Crippen LogP contribution in [0.2, 0.25) is 0 Å². The van der Waals surface area contributed by atoms with Crippen LogP contribution in [0.25, 0.3) is 22.8 Å². The SMILES string of the molecule is O=C(NCc1ccc(F)cc1)c1ccccc1-c1ncc(-c2ccc(F)cc2)o1. The molecule has 4 rings (SSSR count). The van der Waals surface area contributed by atoms with Gasteiger partial charge in [0.15, 0.2) is 5.76 Å². The zero-order valence-corrected chi connectivity index (χ0v) is 15.2. The highest BCUT2D eigenvalue weighted by atomic mass is 19.1. The standard InChI is InChI=1S/C23H16F2N2O2/c24-17-9-5-15(6-10-17)13-26-22(28)19-3-1-2-4-20(19)23-27-14-21(29-23)16-7-11-18(25)12-8-16/h1-12,14H,13H2,(H,26,28). The predicted molar refractivity (Wildman–Crippen MR) is 105 cm³/mol. The van der Waals surface area contributed by atoms with Crippen LogP contribution in [0, 0.1) is 11.6 Å². The van der Waals surface area contributed by atoms with Gasteiger partial charge in [-0.15, -0.1) is 0 Å². The largest absolute Gasteiger partial charge is 0.436 e. The minimum absolute atomic E-state index is 0.264. The smallest absolute Gasteiger partial charge is 0.252 e. The number of nitrogens with zero attached hydrogens (tertiary/aromatic N) is 1. The highest BCUT2D eigenvalue weighted by Gasteiger charge is 2.17. The summed E-state index contributed by atoms with van der Waals surface area (Å²) in [4.78, 5) is 17.0. The van der Waals surface area contributed by atoms with E-state index in [4.69, 9.17) is 4.42 Å². The van der Waals surface area contributed by atoms with Crippen molar-refractivity contribution in [2.75, 3.05) is 0 Å². The average Bonchev–Trinajstić information content (AvgIpc) is 3.24. The summed E-state index contributed by atoms with van der Waals surface area (Å²) in [5.74, 6) is -0.201. The summed E-state index contributed by atoms with van der Waals surface area (Å²) in [6.45, 7) is 0.264. The molecule has 0 fully saturated rings. The lowest BCUT2D eigenvalue weighted by Gasteiger charge is -2.08. The van der Waals surface area contributed by atoms with Crippen molar-refractivity contribution in [3.63, 3.8) is 0 Å². The quantitative estimate of drug-likeness (QED) is 0.509. The number of hydrogen-bond acceptors (Lipinski definition) is 3.